The number of hydrogen-bond acceptors (Lipinski definition) is 5. The van der Waals surface area contributed by atoms with Crippen LogP contribution in [0.25, 0.3) is 0 Å². The molecule has 0 unspecified atom stereocenters. The van der Waals surface area contributed by atoms with Gasteiger partial charge in [-0.05, 0) is 29.8 Å². The fourth-order valence-electron chi connectivity index (χ4n) is 2.02. The van der Waals surface area contributed by atoms with Crippen LogP contribution in [-0.4, -0.2) is 20.9 Å². The number of aromatic nitrogens is 3. The van der Waals surface area contributed by atoms with Gasteiger partial charge >= 0.3 is 0 Å². The van der Waals surface area contributed by atoms with Crippen LogP contribution in [-0.2, 0) is 6.54 Å². The summed E-state index contributed by atoms with van der Waals surface area (Å²) in [5, 5.41) is 5.44. The van der Waals surface area contributed by atoms with Gasteiger partial charge in [-0.3, -0.25) is 9.78 Å². The maximum Gasteiger partial charge on any atom is 0.270 e. The molecule has 2 aromatic heterocycles. The van der Waals surface area contributed by atoms with Crippen LogP contribution in [0.3, 0.4) is 0 Å². The number of benzene rings is 1. The summed E-state index contributed by atoms with van der Waals surface area (Å²) in [4.78, 5) is 24.2. The number of nitrogens with zero attached hydrogens (tertiary/aromatic N) is 3. The summed E-state index contributed by atoms with van der Waals surface area (Å²) < 4.78 is 26.2. The van der Waals surface area contributed by atoms with E-state index in [0.29, 0.717) is 6.54 Å². The molecule has 3 rings (SSSR count). The predicted molar refractivity (Wildman–Crippen MR) is 87.1 cm³/mol. The number of rotatable bonds is 5. The van der Waals surface area contributed by atoms with Crippen molar-refractivity contribution in [2.75, 3.05) is 5.32 Å². The maximum atomic E-state index is 13.2. The number of anilines is 2. The van der Waals surface area contributed by atoms with Crippen LogP contribution in [0.2, 0.25) is 0 Å². The number of halogens is 2. The van der Waals surface area contributed by atoms with Gasteiger partial charge in [-0.15, -0.1) is 0 Å². The molecule has 2 heterocycles. The van der Waals surface area contributed by atoms with Crippen LogP contribution < -0.4 is 10.6 Å². The van der Waals surface area contributed by atoms with Crippen molar-refractivity contribution in [2.45, 2.75) is 6.54 Å². The molecular formula is C17H13F2N5O. The molecule has 1 amide bonds. The summed E-state index contributed by atoms with van der Waals surface area (Å²) in [6, 6.07) is 8.38. The fourth-order valence-corrected chi connectivity index (χ4v) is 2.02. The van der Waals surface area contributed by atoms with Crippen molar-refractivity contribution in [1.82, 2.24) is 20.3 Å². The van der Waals surface area contributed by atoms with Crippen LogP contribution in [0.15, 0.2) is 55.0 Å². The van der Waals surface area contributed by atoms with Crippen molar-refractivity contribution in [1.29, 1.82) is 0 Å². The molecule has 0 saturated heterocycles. The Morgan fingerprint density at radius 3 is 2.72 bits per heavy atom. The number of carbonyl (C=O) groups is 1. The third-order valence-corrected chi connectivity index (χ3v) is 3.24. The molecule has 6 nitrogen and oxygen atoms in total. The highest BCUT2D eigenvalue weighted by molar-refractivity contribution is 5.92. The van der Waals surface area contributed by atoms with E-state index in [1.54, 1.807) is 18.5 Å². The van der Waals surface area contributed by atoms with E-state index in [0.717, 1.165) is 17.7 Å². The van der Waals surface area contributed by atoms with Crippen LogP contribution in [0.5, 0.6) is 0 Å². The zero-order chi connectivity index (χ0) is 17.6. The number of amides is 1. The Labute approximate surface area is 142 Å². The molecule has 0 bridgehead atoms. The van der Waals surface area contributed by atoms with E-state index < -0.39 is 11.6 Å². The van der Waals surface area contributed by atoms with E-state index in [9.17, 15) is 13.6 Å². The Morgan fingerprint density at radius 2 is 1.96 bits per heavy atom. The molecule has 0 spiro atoms. The van der Waals surface area contributed by atoms with Crippen molar-refractivity contribution < 1.29 is 13.6 Å². The van der Waals surface area contributed by atoms with Gasteiger partial charge in [-0.2, -0.15) is 0 Å². The fraction of sp³-hybridized carbons (Fsp3) is 0.0588. The third kappa shape index (κ3) is 4.31. The highest BCUT2D eigenvalue weighted by Crippen LogP contribution is 2.16. The lowest BCUT2D eigenvalue weighted by atomic mass is 10.3. The number of carbonyl (C=O) groups excluding carboxylic acids is 1. The van der Waals surface area contributed by atoms with Gasteiger partial charge in [0.1, 0.15) is 5.69 Å². The second-order valence-corrected chi connectivity index (χ2v) is 5.06. The lowest BCUT2D eigenvalue weighted by Gasteiger charge is -2.07. The van der Waals surface area contributed by atoms with E-state index in [4.69, 9.17) is 0 Å². The molecular weight excluding hydrogens is 328 g/mol. The quantitative estimate of drug-likeness (QED) is 0.746. The minimum atomic E-state index is -0.990. The summed E-state index contributed by atoms with van der Waals surface area (Å²) in [6.07, 6.45) is 4.69. The first-order valence-electron chi connectivity index (χ1n) is 7.34. The Hall–Kier alpha value is -3.42. The molecule has 0 aliphatic heterocycles. The Balaban J connectivity index is 1.68. The first-order valence-corrected chi connectivity index (χ1v) is 7.34. The lowest BCUT2D eigenvalue weighted by molar-refractivity contribution is 0.0946. The average Bonchev–Trinajstić information content (AvgIpc) is 2.64. The standard InChI is InChI=1S/C17H13F2N5O/c18-13-4-3-12(8-14(13)19)23-17-21-7-5-15(24-17)16(25)22-10-11-2-1-6-20-9-11/h1-9H,10H2,(H,22,25)(H,21,23,24). The first-order chi connectivity index (χ1) is 12.1. The van der Waals surface area contributed by atoms with E-state index in [-0.39, 0.29) is 23.2 Å². The van der Waals surface area contributed by atoms with Gasteiger partial charge in [-0.25, -0.2) is 18.7 Å². The molecule has 3 aromatic rings. The van der Waals surface area contributed by atoms with Crippen molar-refractivity contribution >= 4 is 17.5 Å². The Kier molecular flexibility index (Phi) is 4.89. The lowest BCUT2D eigenvalue weighted by Crippen LogP contribution is -2.24. The molecule has 0 aliphatic carbocycles. The Morgan fingerprint density at radius 1 is 1.08 bits per heavy atom. The predicted octanol–water partition coefficient (Wildman–Crippen LogP) is 2.82. The summed E-state index contributed by atoms with van der Waals surface area (Å²) in [7, 11) is 0. The number of nitrogens with one attached hydrogen (secondary N) is 2. The van der Waals surface area contributed by atoms with E-state index in [1.165, 1.54) is 18.3 Å². The summed E-state index contributed by atoms with van der Waals surface area (Å²) in [5.74, 6) is -2.23. The van der Waals surface area contributed by atoms with Crippen molar-refractivity contribution in [3.05, 3.63) is 77.9 Å². The molecule has 8 heteroatoms. The number of pyridine rings is 1. The van der Waals surface area contributed by atoms with Crippen LogP contribution >= 0.6 is 0 Å². The van der Waals surface area contributed by atoms with Crippen molar-refractivity contribution in [3.8, 4) is 0 Å². The van der Waals surface area contributed by atoms with Gasteiger partial charge < -0.3 is 10.6 Å². The largest absolute Gasteiger partial charge is 0.347 e. The van der Waals surface area contributed by atoms with E-state index in [1.807, 2.05) is 6.07 Å². The van der Waals surface area contributed by atoms with Gasteiger partial charge in [0.25, 0.3) is 5.91 Å². The van der Waals surface area contributed by atoms with Crippen molar-refractivity contribution in [2.24, 2.45) is 0 Å². The molecule has 25 heavy (non-hydrogen) atoms. The minimum absolute atomic E-state index is 0.0973. The smallest absolute Gasteiger partial charge is 0.270 e. The number of hydrogen-bond donors (Lipinski definition) is 2. The van der Waals surface area contributed by atoms with Crippen molar-refractivity contribution in [3.63, 3.8) is 0 Å². The van der Waals surface area contributed by atoms with Crippen LogP contribution in [0.4, 0.5) is 20.4 Å². The average molecular weight is 341 g/mol. The highest BCUT2D eigenvalue weighted by Gasteiger charge is 2.10. The molecule has 126 valence electrons. The topological polar surface area (TPSA) is 79.8 Å². The zero-order valence-corrected chi connectivity index (χ0v) is 12.9. The molecule has 2 N–H and O–H groups in total. The molecule has 0 atom stereocenters. The zero-order valence-electron chi connectivity index (χ0n) is 12.9. The second kappa shape index (κ2) is 7.43. The second-order valence-electron chi connectivity index (χ2n) is 5.06. The molecule has 0 aliphatic rings. The van der Waals surface area contributed by atoms with Gasteiger partial charge in [0.2, 0.25) is 5.95 Å². The minimum Gasteiger partial charge on any atom is -0.347 e. The van der Waals surface area contributed by atoms with Gasteiger partial charge in [0, 0.05) is 36.9 Å². The van der Waals surface area contributed by atoms with E-state index in [2.05, 4.69) is 25.6 Å². The van der Waals surface area contributed by atoms with E-state index >= 15 is 0 Å². The molecule has 0 saturated carbocycles. The summed E-state index contributed by atoms with van der Waals surface area (Å²) in [6.45, 7) is 0.308. The Bertz CT molecular complexity index is 889. The SMILES string of the molecule is O=C(NCc1cccnc1)c1ccnc(Nc2ccc(F)c(F)c2)n1. The summed E-state index contributed by atoms with van der Waals surface area (Å²) in [5.41, 5.74) is 1.26. The highest BCUT2D eigenvalue weighted by atomic mass is 19.2. The monoisotopic (exact) mass is 341 g/mol. The molecule has 0 fully saturated rings. The maximum absolute atomic E-state index is 13.2. The van der Waals surface area contributed by atoms with Crippen LogP contribution in [0.1, 0.15) is 16.1 Å². The molecule has 1 aromatic carbocycles. The van der Waals surface area contributed by atoms with Gasteiger partial charge in [-0.1, -0.05) is 6.07 Å². The van der Waals surface area contributed by atoms with Crippen LogP contribution in [0, 0.1) is 11.6 Å². The third-order valence-electron chi connectivity index (χ3n) is 3.24. The molecule has 0 radical (unpaired) electrons. The van der Waals surface area contributed by atoms with Gasteiger partial charge in [0.15, 0.2) is 11.6 Å². The summed E-state index contributed by atoms with van der Waals surface area (Å²) >= 11 is 0. The normalized spacial score (nSPS) is 10.3. The first kappa shape index (κ1) is 16.4. The van der Waals surface area contributed by atoms with Gasteiger partial charge in [0.05, 0.1) is 0 Å².